The van der Waals surface area contributed by atoms with Gasteiger partial charge in [-0.25, -0.2) is 0 Å². The first-order chi connectivity index (χ1) is 9.06. The Balaban J connectivity index is 2.19. The first-order valence-corrected chi connectivity index (χ1v) is 6.75. The molecule has 19 heavy (non-hydrogen) atoms. The molecule has 1 aromatic carbocycles. The standard InChI is InChI=1S/C14H13IN2O2/c1-17(2)14(18)13-9-12(7-8-16-13)19-11-5-3-10(15)4-6-11/h3-9H,1-2H3. The number of carbonyl (C=O) groups excluding carboxylic acids is 1. The normalized spacial score (nSPS) is 10.1. The highest BCUT2D eigenvalue weighted by Gasteiger charge is 2.10. The van der Waals surface area contributed by atoms with E-state index in [1.54, 1.807) is 32.4 Å². The van der Waals surface area contributed by atoms with Crippen molar-refractivity contribution in [1.82, 2.24) is 9.88 Å². The fourth-order valence-corrected chi connectivity index (χ4v) is 1.82. The minimum absolute atomic E-state index is 0.145. The number of ether oxygens (including phenoxy) is 1. The van der Waals surface area contributed by atoms with Crippen LogP contribution in [0, 0.1) is 3.57 Å². The van der Waals surface area contributed by atoms with Gasteiger partial charge in [0.05, 0.1) is 0 Å². The van der Waals surface area contributed by atoms with Crippen LogP contribution in [0.15, 0.2) is 42.6 Å². The van der Waals surface area contributed by atoms with E-state index in [2.05, 4.69) is 27.6 Å². The summed E-state index contributed by atoms with van der Waals surface area (Å²) >= 11 is 2.23. The summed E-state index contributed by atoms with van der Waals surface area (Å²) in [5.41, 5.74) is 0.369. The lowest BCUT2D eigenvalue weighted by molar-refractivity contribution is 0.0821. The van der Waals surface area contributed by atoms with E-state index in [1.807, 2.05) is 24.3 Å². The molecule has 0 radical (unpaired) electrons. The molecule has 2 aromatic rings. The third kappa shape index (κ3) is 3.66. The van der Waals surface area contributed by atoms with Gasteiger partial charge in [-0.05, 0) is 52.9 Å². The summed E-state index contributed by atoms with van der Waals surface area (Å²) < 4.78 is 6.83. The molecule has 1 aromatic heterocycles. The molecule has 0 bridgehead atoms. The lowest BCUT2D eigenvalue weighted by atomic mass is 10.3. The lowest BCUT2D eigenvalue weighted by Gasteiger charge is -2.10. The number of rotatable bonds is 3. The molecule has 0 aliphatic carbocycles. The van der Waals surface area contributed by atoms with Crippen LogP contribution in [0.1, 0.15) is 10.5 Å². The van der Waals surface area contributed by atoms with Crippen molar-refractivity contribution in [2.45, 2.75) is 0 Å². The van der Waals surface area contributed by atoms with Crippen molar-refractivity contribution in [3.05, 3.63) is 51.9 Å². The smallest absolute Gasteiger partial charge is 0.272 e. The van der Waals surface area contributed by atoms with Crippen molar-refractivity contribution in [3.8, 4) is 11.5 Å². The van der Waals surface area contributed by atoms with E-state index >= 15 is 0 Å². The molecular weight excluding hydrogens is 355 g/mol. The Bertz CT molecular complexity index is 582. The number of carbonyl (C=O) groups is 1. The summed E-state index contributed by atoms with van der Waals surface area (Å²) in [6, 6.07) is 11.1. The summed E-state index contributed by atoms with van der Waals surface area (Å²) in [6.07, 6.45) is 1.57. The second-order valence-corrected chi connectivity index (χ2v) is 5.38. The van der Waals surface area contributed by atoms with Crippen molar-refractivity contribution < 1.29 is 9.53 Å². The second-order valence-electron chi connectivity index (χ2n) is 4.13. The van der Waals surface area contributed by atoms with E-state index in [0.29, 0.717) is 11.4 Å². The molecule has 0 saturated heterocycles. The summed E-state index contributed by atoms with van der Waals surface area (Å²) in [6.45, 7) is 0. The molecule has 4 nitrogen and oxygen atoms in total. The van der Waals surface area contributed by atoms with Gasteiger partial charge in [0.2, 0.25) is 0 Å². The van der Waals surface area contributed by atoms with Gasteiger partial charge in [-0.15, -0.1) is 0 Å². The number of hydrogen-bond donors (Lipinski definition) is 0. The van der Waals surface area contributed by atoms with E-state index in [-0.39, 0.29) is 5.91 Å². The fourth-order valence-electron chi connectivity index (χ4n) is 1.46. The third-order valence-corrected chi connectivity index (χ3v) is 3.13. The van der Waals surface area contributed by atoms with Crippen molar-refractivity contribution in [1.29, 1.82) is 0 Å². The van der Waals surface area contributed by atoms with E-state index in [9.17, 15) is 4.79 Å². The first-order valence-electron chi connectivity index (χ1n) is 5.67. The maximum atomic E-state index is 11.8. The quantitative estimate of drug-likeness (QED) is 0.782. The van der Waals surface area contributed by atoms with Gasteiger partial charge in [0.1, 0.15) is 17.2 Å². The zero-order valence-corrected chi connectivity index (χ0v) is 12.8. The summed E-state index contributed by atoms with van der Waals surface area (Å²) in [5, 5.41) is 0. The van der Waals surface area contributed by atoms with Crippen molar-refractivity contribution >= 4 is 28.5 Å². The van der Waals surface area contributed by atoms with Crippen molar-refractivity contribution in [2.24, 2.45) is 0 Å². The van der Waals surface area contributed by atoms with Gasteiger partial charge in [0.15, 0.2) is 0 Å². The average molecular weight is 368 g/mol. The van der Waals surface area contributed by atoms with Gasteiger partial charge in [0.25, 0.3) is 5.91 Å². The molecule has 0 saturated carbocycles. The zero-order valence-electron chi connectivity index (χ0n) is 10.6. The second kappa shape index (κ2) is 6.01. The molecule has 0 fully saturated rings. The maximum Gasteiger partial charge on any atom is 0.272 e. The van der Waals surface area contributed by atoms with E-state index in [1.165, 1.54) is 4.90 Å². The SMILES string of the molecule is CN(C)C(=O)c1cc(Oc2ccc(I)cc2)ccn1. The van der Waals surface area contributed by atoms with Gasteiger partial charge in [-0.1, -0.05) is 0 Å². The number of hydrogen-bond acceptors (Lipinski definition) is 3. The average Bonchev–Trinajstić information content (AvgIpc) is 2.41. The minimum atomic E-state index is -0.145. The number of pyridine rings is 1. The molecule has 98 valence electrons. The minimum Gasteiger partial charge on any atom is -0.457 e. The summed E-state index contributed by atoms with van der Waals surface area (Å²) in [4.78, 5) is 17.3. The highest BCUT2D eigenvalue weighted by atomic mass is 127. The summed E-state index contributed by atoms with van der Waals surface area (Å²) in [5.74, 6) is 1.18. The van der Waals surface area contributed by atoms with Crippen LogP contribution in [0.5, 0.6) is 11.5 Å². The number of halogens is 1. The Labute approximate surface area is 125 Å². The number of nitrogens with zero attached hydrogens (tertiary/aromatic N) is 2. The largest absolute Gasteiger partial charge is 0.457 e. The van der Waals surface area contributed by atoms with E-state index in [4.69, 9.17) is 4.74 Å². The van der Waals surface area contributed by atoms with Crippen LogP contribution in [0.4, 0.5) is 0 Å². The molecule has 0 unspecified atom stereocenters. The third-order valence-electron chi connectivity index (χ3n) is 2.41. The molecule has 0 atom stereocenters. The Morgan fingerprint density at radius 3 is 2.47 bits per heavy atom. The molecule has 2 rings (SSSR count). The van der Waals surface area contributed by atoms with Crippen LogP contribution in [0.3, 0.4) is 0 Å². The van der Waals surface area contributed by atoms with E-state index < -0.39 is 0 Å². The highest BCUT2D eigenvalue weighted by molar-refractivity contribution is 14.1. The van der Waals surface area contributed by atoms with Crippen LogP contribution in [0.25, 0.3) is 0 Å². The van der Waals surface area contributed by atoms with Crippen LogP contribution in [-0.2, 0) is 0 Å². The van der Waals surface area contributed by atoms with Gasteiger partial charge in [0, 0.05) is 29.9 Å². The Hall–Kier alpha value is -1.63. The van der Waals surface area contributed by atoms with Crippen molar-refractivity contribution in [2.75, 3.05) is 14.1 Å². The molecule has 0 aliphatic rings. The highest BCUT2D eigenvalue weighted by Crippen LogP contribution is 2.22. The van der Waals surface area contributed by atoms with Gasteiger partial charge in [-0.3, -0.25) is 9.78 Å². The van der Waals surface area contributed by atoms with E-state index in [0.717, 1.165) is 9.32 Å². The molecule has 0 N–H and O–H groups in total. The van der Waals surface area contributed by atoms with Gasteiger partial charge < -0.3 is 9.64 Å². The molecule has 1 heterocycles. The van der Waals surface area contributed by atoms with Crippen LogP contribution < -0.4 is 4.74 Å². The summed E-state index contributed by atoms with van der Waals surface area (Å²) in [7, 11) is 3.38. The fraction of sp³-hybridized carbons (Fsp3) is 0.143. The molecule has 0 aliphatic heterocycles. The monoisotopic (exact) mass is 368 g/mol. The molecule has 1 amide bonds. The zero-order chi connectivity index (χ0) is 13.8. The molecule has 0 spiro atoms. The Kier molecular flexibility index (Phi) is 4.36. The lowest BCUT2D eigenvalue weighted by Crippen LogP contribution is -2.22. The number of amides is 1. The molecule has 5 heteroatoms. The van der Waals surface area contributed by atoms with Crippen molar-refractivity contribution in [3.63, 3.8) is 0 Å². The number of benzene rings is 1. The predicted octanol–water partition coefficient (Wildman–Crippen LogP) is 3.18. The first kappa shape index (κ1) is 13.8. The van der Waals surface area contributed by atoms with Crippen LogP contribution in [0.2, 0.25) is 0 Å². The Morgan fingerprint density at radius 2 is 1.84 bits per heavy atom. The Morgan fingerprint density at radius 1 is 1.16 bits per heavy atom. The topological polar surface area (TPSA) is 42.4 Å². The maximum absolute atomic E-state index is 11.8. The number of aromatic nitrogens is 1. The van der Waals surface area contributed by atoms with Gasteiger partial charge >= 0.3 is 0 Å². The predicted molar refractivity (Wildman–Crippen MR) is 81.5 cm³/mol. The molecular formula is C14H13IN2O2. The van der Waals surface area contributed by atoms with Crippen LogP contribution >= 0.6 is 22.6 Å². The van der Waals surface area contributed by atoms with Crippen LogP contribution in [-0.4, -0.2) is 29.9 Å². The van der Waals surface area contributed by atoms with Gasteiger partial charge in [-0.2, -0.15) is 0 Å².